The van der Waals surface area contributed by atoms with Gasteiger partial charge in [-0.3, -0.25) is 18.8 Å². The fraction of sp³-hybridized carbons (Fsp3) is 0.111. The number of nitrogens with one attached hydrogen (secondary N) is 1. The molecule has 0 aliphatic rings. The molecule has 0 saturated heterocycles. The first kappa shape index (κ1) is 17.0. The Morgan fingerprint density at radius 2 is 1.89 bits per heavy atom. The third kappa shape index (κ3) is 4.24. The summed E-state index contributed by atoms with van der Waals surface area (Å²) in [6.07, 6.45) is 7.05. The van der Waals surface area contributed by atoms with Crippen LogP contribution in [0.15, 0.2) is 67.3 Å². The van der Waals surface area contributed by atoms with Crippen LogP contribution in [-0.2, 0) is 13.2 Å². The van der Waals surface area contributed by atoms with Crippen LogP contribution in [0.2, 0.25) is 5.02 Å². The van der Waals surface area contributed by atoms with E-state index in [9.17, 15) is 4.79 Å². The molecule has 4 rings (SSSR count). The van der Waals surface area contributed by atoms with E-state index in [1.165, 1.54) is 0 Å². The first-order valence-electron chi connectivity index (χ1n) is 8.26. The van der Waals surface area contributed by atoms with Crippen molar-refractivity contribution < 1.29 is 4.79 Å². The van der Waals surface area contributed by atoms with E-state index in [0.717, 1.165) is 5.56 Å². The van der Waals surface area contributed by atoms with E-state index < -0.39 is 0 Å². The molecule has 3 aromatic heterocycles. The number of benzene rings is 1. The second kappa shape index (κ2) is 7.46. The zero-order chi connectivity index (χ0) is 18.6. The summed E-state index contributed by atoms with van der Waals surface area (Å²) in [7, 11) is 0. The quantitative estimate of drug-likeness (QED) is 0.556. The minimum atomic E-state index is -0.317. The van der Waals surface area contributed by atoms with Crippen molar-refractivity contribution in [2.24, 2.45) is 0 Å². The average molecular weight is 382 g/mol. The van der Waals surface area contributed by atoms with Crippen molar-refractivity contribution in [3.63, 3.8) is 0 Å². The third-order valence-corrected chi connectivity index (χ3v) is 4.07. The SMILES string of the molecule is O=C(Nc1ccn(Cc2cccc(Cl)c2)n1)c1ccn(Cn2cccn2)n1. The summed E-state index contributed by atoms with van der Waals surface area (Å²) >= 11 is 6.00. The fourth-order valence-electron chi connectivity index (χ4n) is 2.61. The van der Waals surface area contributed by atoms with Gasteiger partial charge in [-0.25, -0.2) is 0 Å². The van der Waals surface area contributed by atoms with Gasteiger partial charge < -0.3 is 5.32 Å². The molecular formula is C18H16ClN7O. The minimum Gasteiger partial charge on any atom is -0.304 e. The number of hydrogen-bond acceptors (Lipinski definition) is 4. The van der Waals surface area contributed by atoms with E-state index in [0.29, 0.717) is 29.7 Å². The molecule has 1 aromatic carbocycles. The van der Waals surface area contributed by atoms with Crippen LogP contribution in [0, 0.1) is 0 Å². The van der Waals surface area contributed by atoms with Gasteiger partial charge in [0.1, 0.15) is 6.67 Å². The molecule has 4 aromatic rings. The summed E-state index contributed by atoms with van der Waals surface area (Å²) in [6.45, 7) is 1.00. The zero-order valence-electron chi connectivity index (χ0n) is 14.2. The summed E-state index contributed by atoms with van der Waals surface area (Å²) < 4.78 is 5.09. The molecule has 9 heteroatoms. The lowest BCUT2D eigenvalue weighted by Gasteiger charge is -2.03. The summed E-state index contributed by atoms with van der Waals surface area (Å²) in [5.41, 5.74) is 1.34. The summed E-state index contributed by atoms with van der Waals surface area (Å²) in [6, 6.07) is 12.8. The largest absolute Gasteiger partial charge is 0.304 e. The second-order valence-corrected chi connectivity index (χ2v) is 6.35. The molecule has 0 radical (unpaired) electrons. The van der Waals surface area contributed by atoms with Gasteiger partial charge in [0.2, 0.25) is 0 Å². The Labute approximate surface area is 160 Å². The highest BCUT2D eigenvalue weighted by molar-refractivity contribution is 6.30. The van der Waals surface area contributed by atoms with Crippen LogP contribution in [0.1, 0.15) is 16.1 Å². The molecule has 0 atom stereocenters. The first-order chi connectivity index (χ1) is 13.2. The molecule has 1 N–H and O–H groups in total. The van der Waals surface area contributed by atoms with Crippen molar-refractivity contribution in [1.82, 2.24) is 29.3 Å². The maximum atomic E-state index is 12.4. The number of amides is 1. The third-order valence-electron chi connectivity index (χ3n) is 3.84. The standard InChI is InChI=1S/C18H16ClN7O/c19-15-4-1-3-14(11-15)12-24-10-6-17(23-24)21-18(27)16-5-9-26(22-16)13-25-8-2-7-20-25/h1-11H,12-13H2,(H,21,23,27). The smallest absolute Gasteiger partial charge is 0.277 e. The Kier molecular flexibility index (Phi) is 4.71. The Bertz CT molecular complexity index is 1050. The van der Waals surface area contributed by atoms with Crippen molar-refractivity contribution >= 4 is 23.3 Å². The van der Waals surface area contributed by atoms with Crippen LogP contribution in [0.5, 0.6) is 0 Å². The number of hydrogen-bond donors (Lipinski definition) is 1. The maximum Gasteiger partial charge on any atom is 0.277 e. The predicted molar refractivity (Wildman–Crippen MR) is 101 cm³/mol. The fourth-order valence-corrected chi connectivity index (χ4v) is 2.83. The molecular weight excluding hydrogens is 366 g/mol. The molecule has 27 heavy (non-hydrogen) atoms. The van der Waals surface area contributed by atoms with Gasteiger partial charge in [-0.05, 0) is 29.8 Å². The Morgan fingerprint density at radius 1 is 1.00 bits per heavy atom. The van der Waals surface area contributed by atoms with E-state index >= 15 is 0 Å². The topological polar surface area (TPSA) is 82.6 Å². The second-order valence-electron chi connectivity index (χ2n) is 5.91. The molecule has 3 heterocycles. The van der Waals surface area contributed by atoms with Crippen LogP contribution in [0.4, 0.5) is 5.82 Å². The van der Waals surface area contributed by atoms with E-state index in [2.05, 4.69) is 20.6 Å². The highest BCUT2D eigenvalue weighted by Gasteiger charge is 2.12. The Morgan fingerprint density at radius 3 is 2.70 bits per heavy atom. The molecule has 1 amide bonds. The summed E-state index contributed by atoms with van der Waals surface area (Å²) in [5, 5.41) is 16.2. The van der Waals surface area contributed by atoms with Crippen molar-refractivity contribution in [2.75, 3.05) is 5.32 Å². The highest BCUT2D eigenvalue weighted by atomic mass is 35.5. The predicted octanol–water partition coefficient (Wildman–Crippen LogP) is 2.74. The van der Waals surface area contributed by atoms with Gasteiger partial charge in [-0.1, -0.05) is 23.7 Å². The first-order valence-corrected chi connectivity index (χ1v) is 8.64. The van der Waals surface area contributed by atoms with Gasteiger partial charge in [0, 0.05) is 35.9 Å². The number of anilines is 1. The molecule has 0 fully saturated rings. The lowest BCUT2D eigenvalue weighted by molar-refractivity contribution is 0.102. The van der Waals surface area contributed by atoms with Gasteiger partial charge in [0.25, 0.3) is 5.91 Å². The lowest BCUT2D eigenvalue weighted by atomic mass is 10.2. The Hall–Kier alpha value is -3.39. The number of carbonyl (C=O) groups excluding carboxylic acids is 1. The van der Waals surface area contributed by atoms with Crippen LogP contribution in [-0.4, -0.2) is 35.2 Å². The number of halogens is 1. The average Bonchev–Trinajstić information content (AvgIpc) is 3.38. The van der Waals surface area contributed by atoms with Gasteiger partial charge in [-0.15, -0.1) is 0 Å². The molecule has 0 bridgehead atoms. The molecule has 136 valence electrons. The van der Waals surface area contributed by atoms with E-state index in [-0.39, 0.29) is 5.91 Å². The number of rotatable bonds is 6. The van der Waals surface area contributed by atoms with Crippen molar-refractivity contribution in [3.05, 3.63) is 83.5 Å². The summed E-state index contributed by atoms with van der Waals surface area (Å²) in [4.78, 5) is 12.4. The van der Waals surface area contributed by atoms with Crippen molar-refractivity contribution in [2.45, 2.75) is 13.2 Å². The van der Waals surface area contributed by atoms with Crippen molar-refractivity contribution in [3.8, 4) is 0 Å². The number of carbonyl (C=O) groups is 1. The summed E-state index contributed by atoms with van der Waals surface area (Å²) in [5.74, 6) is 0.144. The molecule has 0 aliphatic carbocycles. The van der Waals surface area contributed by atoms with Gasteiger partial charge >= 0.3 is 0 Å². The van der Waals surface area contributed by atoms with Gasteiger partial charge in [0.05, 0.1) is 6.54 Å². The monoisotopic (exact) mass is 381 g/mol. The van der Waals surface area contributed by atoms with Gasteiger partial charge in [0.15, 0.2) is 11.5 Å². The minimum absolute atomic E-state index is 0.312. The zero-order valence-corrected chi connectivity index (χ0v) is 15.0. The Balaban J connectivity index is 1.38. The van der Waals surface area contributed by atoms with Gasteiger partial charge in [-0.2, -0.15) is 15.3 Å². The molecule has 0 spiro atoms. The van der Waals surface area contributed by atoms with Crippen LogP contribution < -0.4 is 5.32 Å². The van der Waals surface area contributed by atoms with Crippen LogP contribution in [0.25, 0.3) is 0 Å². The molecule has 0 saturated carbocycles. The molecule has 0 aliphatic heterocycles. The number of aromatic nitrogens is 6. The molecule has 8 nitrogen and oxygen atoms in total. The van der Waals surface area contributed by atoms with Crippen molar-refractivity contribution in [1.29, 1.82) is 0 Å². The highest BCUT2D eigenvalue weighted by Crippen LogP contribution is 2.13. The van der Waals surface area contributed by atoms with E-state index in [1.807, 2.05) is 36.5 Å². The van der Waals surface area contributed by atoms with E-state index in [1.54, 1.807) is 44.8 Å². The maximum absolute atomic E-state index is 12.4. The number of nitrogens with zero attached hydrogens (tertiary/aromatic N) is 6. The molecule has 0 unspecified atom stereocenters. The van der Waals surface area contributed by atoms with Crippen LogP contribution in [0.3, 0.4) is 0 Å². The normalized spacial score (nSPS) is 10.9. The van der Waals surface area contributed by atoms with E-state index in [4.69, 9.17) is 11.6 Å². The lowest BCUT2D eigenvalue weighted by Crippen LogP contribution is -2.15. The van der Waals surface area contributed by atoms with Crippen LogP contribution >= 0.6 is 11.6 Å².